The van der Waals surface area contributed by atoms with Crippen LogP contribution in [0, 0.1) is 6.92 Å². The first-order chi connectivity index (χ1) is 8.74. The highest BCUT2D eigenvalue weighted by atomic mass is 35.5. The standard InChI is InChI=1S/C12H18ClN5/c1-10-15-16-12-11(14-7-9-18(10)12)17(2)8-5-3-4-6-13/h7,9H,3-6,8H2,1-2H3. The molecule has 0 unspecified atom stereocenters. The monoisotopic (exact) mass is 267 g/mol. The highest BCUT2D eigenvalue weighted by Crippen LogP contribution is 2.16. The van der Waals surface area contributed by atoms with Gasteiger partial charge in [-0.25, -0.2) is 4.98 Å². The van der Waals surface area contributed by atoms with Gasteiger partial charge in [-0.2, -0.15) is 0 Å². The number of halogens is 1. The van der Waals surface area contributed by atoms with E-state index in [1.165, 1.54) is 0 Å². The predicted octanol–water partition coefficient (Wildman–Crippen LogP) is 2.28. The lowest BCUT2D eigenvalue weighted by Gasteiger charge is -2.17. The summed E-state index contributed by atoms with van der Waals surface area (Å²) >= 11 is 5.67. The van der Waals surface area contributed by atoms with Crippen molar-refractivity contribution >= 4 is 23.1 Å². The van der Waals surface area contributed by atoms with Crippen LogP contribution in [0.2, 0.25) is 0 Å². The van der Waals surface area contributed by atoms with Gasteiger partial charge in [-0.3, -0.25) is 4.40 Å². The van der Waals surface area contributed by atoms with E-state index in [0.29, 0.717) is 0 Å². The maximum absolute atomic E-state index is 5.67. The van der Waals surface area contributed by atoms with Crippen LogP contribution in [0.15, 0.2) is 12.4 Å². The first-order valence-corrected chi connectivity index (χ1v) is 6.71. The number of rotatable bonds is 6. The van der Waals surface area contributed by atoms with Gasteiger partial charge in [0.2, 0.25) is 5.65 Å². The number of anilines is 1. The maximum Gasteiger partial charge on any atom is 0.203 e. The molecule has 6 heteroatoms. The molecule has 0 atom stereocenters. The zero-order valence-electron chi connectivity index (χ0n) is 10.8. The van der Waals surface area contributed by atoms with Gasteiger partial charge in [0.15, 0.2) is 5.82 Å². The normalized spacial score (nSPS) is 11.1. The van der Waals surface area contributed by atoms with E-state index in [1.807, 2.05) is 24.6 Å². The number of hydrogen-bond acceptors (Lipinski definition) is 4. The molecule has 0 aliphatic heterocycles. The van der Waals surface area contributed by atoms with E-state index in [9.17, 15) is 0 Å². The Labute approximate surface area is 112 Å². The Morgan fingerprint density at radius 3 is 2.89 bits per heavy atom. The Hall–Kier alpha value is -1.36. The van der Waals surface area contributed by atoms with Gasteiger partial charge in [0.25, 0.3) is 0 Å². The molecule has 0 radical (unpaired) electrons. The lowest BCUT2D eigenvalue weighted by molar-refractivity contribution is 0.704. The van der Waals surface area contributed by atoms with Gasteiger partial charge < -0.3 is 4.90 Å². The zero-order valence-corrected chi connectivity index (χ0v) is 11.6. The van der Waals surface area contributed by atoms with Crippen LogP contribution in [0.4, 0.5) is 5.82 Å². The molecule has 0 aromatic carbocycles. The van der Waals surface area contributed by atoms with E-state index >= 15 is 0 Å². The summed E-state index contributed by atoms with van der Waals surface area (Å²) in [5.74, 6) is 2.49. The first-order valence-electron chi connectivity index (χ1n) is 6.17. The van der Waals surface area contributed by atoms with Crippen molar-refractivity contribution in [3.8, 4) is 0 Å². The van der Waals surface area contributed by atoms with Crippen molar-refractivity contribution in [1.29, 1.82) is 0 Å². The van der Waals surface area contributed by atoms with E-state index in [-0.39, 0.29) is 0 Å². The summed E-state index contributed by atoms with van der Waals surface area (Å²) < 4.78 is 1.96. The third kappa shape index (κ3) is 2.72. The quantitative estimate of drug-likeness (QED) is 0.595. The van der Waals surface area contributed by atoms with Crippen molar-refractivity contribution in [3.05, 3.63) is 18.2 Å². The molecule has 0 saturated carbocycles. The predicted molar refractivity (Wildman–Crippen MR) is 73.4 cm³/mol. The van der Waals surface area contributed by atoms with Crippen molar-refractivity contribution in [1.82, 2.24) is 19.6 Å². The second-order valence-electron chi connectivity index (χ2n) is 4.36. The van der Waals surface area contributed by atoms with Crippen LogP contribution in [-0.2, 0) is 0 Å². The average molecular weight is 268 g/mol. The van der Waals surface area contributed by atoms with Gasteiger partial charge in [0.1, 0.15) is 5.82 Å². The summed E-state index contributed by atoms with van der Waals surface area (Å²) in [6, 6.07) is 0. The molecule has 2 aromatic heterocycles. The Balaban J connectivity index is 2.10. The minimum absolute atomic E-state index is 0.737. The van der Waals surface area contributed by atoms with Crippen LogP contribution >= 0.6 is 11.6 Å². The fourth-order valence-corrected chi connectivity index (χ4v) is 2.11. The number of unbranched alkanes of at least 4 members (excludes halogenated alkanes) is 2. The van der Waals surface area contributed by atoms with Crippen molar-refractivity contribution in [2.75, 3.05) is 24.4 Å². The lowest BCUT2D eigenvalue weighted by atomic mass is 10.2. The summed E-state index contributed by atoms with van der Waals surface area (Å²) in [7, 11) is 2.03. The molecule has 0 N–H and O–H groups in total. The Morgan fingerprint density at radius 1 is 1.28 bits per heavy atom. The highest BCUT2D eigenvalue weighted by Gasteiger charge is 2.11. The molecular weight excluding hydrogens is 250 g/mol. The van der Waals surface area contributed by atoms with Crippen LogP contribution < -0.4 is 4.90 Å². The molecular formula is C12H18ClN5. The summed E-state index contributed by atoms with van der Waals surface area (Å²) in [4.78, 5) is 6.52. The van der Waals surface area contributed by atoms with E-state index in [2.05, 4.69) is 20.1 Å². The van der Waals surface area contributed by atoms with Crippen LogP contribution in [0.3, 0.4) is 0 Å². The number of nitrogens with zero attached hydrogens (tertiary/aromatic N) is 5. The molecule has 0 bridgehead atoms. The molecule has 2 rings (SSSR count). The number of alkyl halides is 1. The molecule has 0 saturated heterocycles. The van der Waals surface area contributed by atoms with E-state index < -0.39 is 0 Å². The average Bonchev–Trinajstić information content (AvgIpc) is 2.76. The van der Waals surface area contributed by atoms with Crippen molar-refractivity contribution in [3.63, 3.8) is 0 Å². The molecule has 0 aliphatic rings. The Kier molecular flexibility index (Phi) is 4.36. The molecule has 0 amide bonds. The highest BCUT2D eigenvalue weighted by molar-refractivity contribution is 6.17. The third-order valence-corrected chi connectivity index (χ3v) is 3.23. The van der Waals surface area contributed by atoms with Crippen LogP contribution in [-0.4, -0.2) is 39.1 Å². The van der Waals surface area contributed by atoms with Crippen molar-refractivity contribution < 1.29 is 0 Å². The van der Waals surface area contributed by atoms with Gasteiger partial charge >= 0.3 is 0 Å². The van der Waals surface area contributed by atoms with Crippen molar-refractivity contribution in [2.45, 2.75) is 26.2 Å². The van der Waals surface area contributed by atoms with Gasteiger partial charge in [0.05, 0.1) is 0 Å². The number of hydrogen-bond donors (Lipinski definition) is 0. The Bertz CT molecular complexity index is 510. The van der Waals surface area contributed by atoms with E-state index in [0.717, 1.165) is 49.0 Å². The molecule has 0 spiro atoms. The molecule has 2 heterocycles. The number of aromatic nitrogens is 4. The number of fused-ring (bicyclic) bond motifs is 1. The third-order valence-electron chi connectivity index (χ3n) is 2.97. The van der Waals surface area contributed by atoms with Gasteiger partial charge in [-0.1, -0.05) is 6.42 Å². The molecule has 0 fully saturated rings. The van der Waals surface area contributed by atoms with Crippen molar-refractivity contribution in [2.24, 2.45) is 0 Å². The minimum atomic E-state index is 0.737. The van der Waals surface area contributed by atoms with Crippen LogP contribution in [0.1, 0.15) is 25.1 Å². The van der Waals surface area contributed by atoms with E-state index in [1.54, 1.807) is 6.20 Å². The van der Waals surface area contributed by atoms with E-state index in [4.69, 9.17) is 11.6 Å². The fraction of sp³-hybridized carbons (Fsp3) is 0.583. The van der Waals surface area contributed by atoms with Gasteiger partial charge in [0, 0.05) is 31.9 Å². The summed E-state index contributed by atoms with van der Waals surface area (Å²) in [5, 5.41) is 8.25. The second-order valence-corrected chi connectivity index (χ2v) is 4.74. The molecule has 5 nitrogen and oxygen atoms in total. The summed E-state index contributed by atoms with van der Waals surface area (Å²) in [6.07, 6.45) is 6.99. The lowest BCUT2D eigenvalue weighted by Crippen LogP contribution is -2.20. The molecule has 2 aromatic rings. The number of aryl methyl sites for hydroxylation is 1. The SMILES string of the molecule is Cc1nnc2c(N(C)CCCCCCl)nccn12. The van der Waals surface area contributed by atoms with Gasteiger partial charge in [-0.15, -0.1) is 21.8 Å². The zero-order chi connectivity index (χ0) is 13.0. The topological polar surface area (TPSA) is 46.3 Å². The maximum atomic E-state index is 5.67. The second kappa shape index (κ2) is 6.00. The largest absolute Gasteiger partial charge is 0.357 e. The first kappa shape index (κ1) is 13.1. The summed E-state index contributed by atoms with van der Waals surface area (Å²) in [6.45, 7) is 2.89. The fourth-order valence-electron chi connectivity index (χ4n) is 1.92. The molecule has 0 aliphatic carbocycles. The minimum Gasteiger partial charge on any atom is -0.357 e. The van der Waals surface area contributed by atoms with Crippen LogP contribution in [0.25, 0.3) is 5.65 Å². The smallest absolute Gasteiger partial charge is 0.203 e. The molecule has 18 heavy (non-hydrogen) atoms. The Morgan fingerprint density at radius 2 is 2.11 bits per heavy atom. The van der Waals surface area contributed by atoms with Crippen LogP contribution in [0.5, 0.6) is 0 Å². The molecule has 98 valence electrons. The summed E-state index contributed by atoms with van der Waals surface area (Å²) in [5.41, 5.74) is 0.815. The van der Waals surface area contributed by atoms with Gasteiger partial charge in [-0.05, 0) is 19.8 Å².